The van der Waals surface area contributed by atoms with E-state index in [0.29, 0.717) is 12.1 Å². The van der Waals surface area contributed by atoms with Gasteiger partial charge in [0.2, 0.25) is 0 Å². The molecule has 0 aliphatic heterocycles. The van der Waals surface area contributed by atoms with E-state index in [0.717, 1.165) is 17.0 Å². The second-order valence-corrected chi connectivity index (χ2v) is 5.35. The van der Waals surface area contributed by atoms with Crippen LogP contribution in [0.1, 0.15) is 23.4 Å². The molecule has 1 heterocycles. The maximum Gasteiger partial charge on any atom is 0.327 e. The summed E-state index contributed by atoms with van der Waals surface area (Å²) in [7, 11) is 0. The molecule has 1 unspecified atom stereocenters. The third-order valence-electron chi connectivity index (χ3n) is 2.86. The van der Waals surface area contributed by atoms with Gasteiger partial charge in [-0.1, -0.05) is 12.1 Å². The number of rotatable bonds is 6. The van der Waals surface area contributed by atoms with E-state index in [-0.39, 0.29) is 6.61 Å². The molecule has 0 fully saturated rings. The summed E-state index contributed by atoms with van der Waals surface area (Å²) in [6, 6.07) is 6.38. The second kappa shape index (κ2) is 7.28. The molecule has 0 aliphatic carbocycles. The van der Waals surface area contributed by atoms with Crippen LogP contribution in [-0.4, -0.2) is 12.6 Å². The fourth-order valence-corrected chi connectivity index (χ4v) is 2.53. The minimum absolute atomic E-state index is 0.222. The molecule has 2 aromatic rings. The zero-order chi connectivity index (χ0) is 15.2. The zero-order valence-corrected chi connectivity index (χ0v) is 12.3. The van der Waals surface area contributed by atoms with Gasteiger partial charge in [0.15, 0.2) is 11.6 Å². The van der Waals surface area contributed by atoms with Crippen LogP contribution in [0.3, 0.4) is 0 Å². The highest BCUT2D eigenvalue weighted by Gasteiger charge is 2.22. The molecule has 0 bridgehead atoms. The molecule has 2 rings (SSSR count). The Hall–Kier alpha value is -1.79. The molecule has 6 heteroatoms. The number of ether oxygens (including phenoxy) is 1. The number of benzene rings is 1. The maximum atomic E-state index is 13.3. The van der Waals surface area contributed by atoms with E-state index in [1.807, 2.05) is 17.5 Å². The van der Waals surface area contributed by atoms with Gasteiger partial charge in [0.05, 0.1) is 6.61 Å². The Morgan fingerprint density at radius 1 is 1.33 bits per heavy atom. The smallest absolute Gasteiger partial charge is 0.327 e. The van der Waals surface area contributed by atoms with Gasteiger partial charge in [0.25, 0.3) is 0 Å². The first-order valence-corrected chi connectivity index (χ1v) is 7.37. The lowest BCUT2D eigenvalue weighted by atomic mass is 10.1. The van der Waals surface area contributed by atoms with E-state index in [9.17, 15) is 13.6 Å². The normalized spacial score (nSPS) is 12.1. The number of halogens is 2. The fraction of sp³-hybridized carbons (Fsp3) is 0.267. The van der Waals surface area contributed by atoms with Crippen molar-refractivity contribution in [2.24, 2.45) is 0 Å². The van der Waals surface area contributed by atoms with E-state index in [2.05, 4.69) is 5.32 Å². The van der Waals surface area contributed by atoms with Crippen LogP contribution < -0.4 is 5.32 Å². The van der Waals surface area contributed by atoms with E-state index in [1.54, 1.807) is 18.3 Å². The molecule has 3 nitrogen and oxygen atoms in total. The first kappa shape index (κ1) is 15.6. The highest BCUT2D eigenvalue weighted by atomic mass is 32.1. The fourth-order valence-electron chi connectivity index (χ4n) is 1.87. The van der Waals surface area contributed by atoms with Gasteiger partial charge < -0.3 is 4.74 Å². The molecule has 1 atom stereocenters. The van der Waals surface area contributed by atoms with E-state index < -0.39 is 23.6 Å². The first-order chi connectivity index (χ1) is 10.1. The molecule has 112 valence electrons. The minimum atomic E-state index is -0.986. The van der Waals surface area contributed by atoms with Crippen LogP contribution in [0.4, 0.5) is 8.78 Å². The molecule has 0 aliphatic rings. The third-order valence-corrected chi connectivity index (χ3v) is 3.74. The van der Waals surface area contributed by atoms with Crippen LogP contribution in [0.25, 0.3) is 0 Å². The molecule has 1 aromatic carbocycles. The summed E-state index contributed by atoms with van der Waals surface area (Å²) in [6.45, 7) is 2.36. The van der Waals surface area contributed by atoms with Crippen LogP contribution in [0.5, 0.6) is 0 Å². The van der Waals surface area contributed by atoms with Crippen LogP contribution in [0, 0.1) is 11.6 Å². The van der Waals surface area contributed by atoms with Gasteiger partial charge in [-0.3, -0.25) is 5.32 Å². The van der Waals surface area contributed by atoms with Gasteiger partial charge >= 0.3 is 5.97 Å². The molecular formula is C15H15F2NO2S. The van der Waals surface area contributed by atoms with Crippen molar-refractivity contribution >= 4 is 17.3 Å². The lowest BCUT2D eigenvalue weighted by molar-refractivity contribution is -0.145. The van der Waals surface area contributed by atoms with Crippen molar-refractivity contribution < 1.29 is 18.3 Å². The van der Waals surface area contributed by atoms with Gasteiger partial charge in [0.1, 0.15) is 6.04 Å². The van der Waals surface area contributed by atoms with E-state index in [1.165, 1.54) is 6.07 Å². The highest BCUT2D eigenvalue weighted by Crippen LogP contribution is 2.19. The van der Waals surface area contributed by atoms with Crippen molar-refractivity contribution in [3.63, 3.8) is 0 Å². The standard InChI is InChI=1S/C15H15F2NO2S/c1-2-20-15(19)14(18-9-11-4-3-7-21-11)10-5-6-12(16)13(17)8-10/h3-8,14,18H,2,9H2,1H3. The van der Waals surface area contributed by atoms with Gasteiger partial charge in [-0.25, -0.2) is 13.6 Å². The van der Waals surface area contributed by atoms with Crippen molar-refractivity contribution in [1.82, 2.24) is 5.32 Å². The zero-order valence-electron chi connectivity index (χ0n) is 11.4. The molecule has 0 radical (unpaired) electrons. The predicted octanol–water partition coefficient (Wildman–Crippen LogP) is 3.42. The maximum absolute atomic E-state index is 13.3. The Bertz CT molecular complexity index is 602. The number of carbonyl (C=O) groups excluding carboxylic acids is 1. The molecule has 0 saturated carbocycles. The predicted molar refractivity (Wildman–Crippen MR) is 76.9 cm³/mol. The van der Waals surface area contributed by atoms with Gasteiger partial charge in [-0.2, -0.15) is 0 Å². The summed E-state index contributed by atoms with van der Waals surface area (Å²) < 4.78 is 31.3. The average molecular weight is 311 g/mol. The van der Waals surface area contributed by atoms with Crippen LogP contribution in [-0.2, 0) is 16.1 Å². The third kappa shape index (κ3) is 4.09. The topological polar surface area (TPSA) is 38.3 Å². The van der Waals surface area contributed by atoms with Crippen LogP contribution in [0.15, 0.2) is 35.7 Å². The summed E-state index contributed by atoms with van der Waals surface area (Å²) in [5.41, 5.74) is 0.337. The number of hydrogen-bond donors (Lipinski definition) is 1. The number of carbonyl (C=O) groups is 1. The molecule has 0 saturated heterocycles. The number of hydrogen-bond acceptors (Lipinski definition) is 4. The Morgan fingerprint density at radius 2 is 2.14 bits per heavy atom. The Labute approximate surface area is 125 Å². The average Bonchev–Trinajstić information content (AvgIpc) is 2.96. The van der Waals surface area contributed by atoms with Crippen molar-refractivity contribution in [2.75, 3.05) is 6.61 Å². The number of nitrogens with one attached hydrogen (secondary N) is 1. The van der Waals surface area contributed by atoms with Crippen molar-refractivity contribution in [2.45, 2.75) is 19.5 Å². The summed E-state index contributed by atoms with van der Waals surface area (Å²) >= 11 is 1.54. The summed E-state index contributed by atoms with van der Waals surface area (Å²) in [5, 5.41) is 4.94. The van der Waals surface area contributed by atoms with Gasteiger partial charge in [0, 0.05) is 11.4 Å². The lowest BCUT2D eigenvalue weighted by Gasteiger charge is -2.17. The van der Waals surface area contributed by atoms with E-state index >= 15 is 0 Å². The largest absolute Gasteiger partial charge is 0.465 e. The molecule has 0 amide bonds. The SMILES string of the molecule is CCOC(=O)C(NCc1cccs1)c1ccc(F)c(F)c1. The number of esters is 1. The van der Waals surface area contributed by atoms with Gasteiger partial charge in [-0.15, -0.1) is 11.3 Å². The Morgan fingerprint density at radius 3 is 2.76 bits per heavy atom. The van der Waals surface area contributed by atoms with Crippen molar-refractivity contribution in [1.29, 1.82) is 0 Å². The molecule has 1 aromatic heterocycles. The molecule has 0 spiro atoms. The highest BCUT2D eigenvalue weighted by molar-refractivity contribution is 7.09. The minimum Gasteiger partial charge on any atom is -0.465 e. The quantitative estimate of drug-likeness (QED) is 0.831. The monoisotopic (exact) mass is 311 g/mol. The Kier molecular flexibility index (Phi) is 5.41. The second-order valence-electron chi connectivity index (χ2n) is 4.32. The molecule has 1 N–H and O–H groups in total. The van der Waals surface area contributed by atoms with Crippen LogP contribution >= 0.6 is 11.3 Å². The first-order valence-electron chi connectivity index (χ1n) is 6.49. The van der Waals surface area contributed by atoms with Gasteiger partial charge in [-0.05, 0) is 36.1 Å². The van der Waals surface area contributed by atoms with Crippen molar-refractivity contribution in [3.8, 4) is 0 Å². The summed E-state index contributed by atoms with van der Waals surface area (Å²) in [6.07, 6.45) is 0. The van der Waals surface area contributed by atoms with Crippen molar-refractivity contribution in [3.05, 3.63) is 57.8 Å². The summed E-state index contributed by atoms with van der Waals surface area (Å²) in [5.74, 6) is -2.44. The summed E-state index contributed by atoms with van der Waals surface area (Å²) in [4.78, 5) is 13.0. The Balaban J connectivity index is 2.18. The lowest BCUT2D eigenvalue weighted by Crippen LogP contribution is -2.30. The molecule has 21 heavy (non-hydrogen) atoms. The van der Waals surface area contributed by atoms with E-state index in [4.69, 9.17) is 4.74 Å². The number of thiophene rings is 1. The van der Waals surface area contributed by atoms with Crippen LogP contribution in [0.2, 0.25) is 0 Å². The molecular weight excluding hydrogens is 296 g/mol.